The Hall–Kier alpha value is -0.610. The molecule has 0 aliphatic rings. The predicted molar refractivity (Wildman–Crippen MR) is 56.3 cm³/mol. The molecule has 0 spiro atoms. The molecule has 106 valence electrons. The number of hydrogen-bond acceptors (Lipinski definition) is 5. The summed E-state index contributed by atoms with van der Waals surface area (Å²) < 4.78 is 72.0. The van der Waals surface area contributed by atoms with E-state index in [-0.39, 0.29) is 35.3 Å². The average molecular weight is 320 g/mol. The van der Waals surface area contributed by atoms with E-state index in [1.54, 1.807) is 0 Å². The van der Waals surface area contributed by atoms with Gasteiger partial charge in [-0.2, -0.15) is 13.2 Å². The number of halogens is 3. The van der Waals surface area contributed by atoms with E-state index in [0.29, 0.717) is 12.1 Å². The van der Waals surface area contributed by atoms with E-state index in [1.165, 1.54) is 0 Å². The van der Waals surface area contributed by atoms with Gasteiger partial charge < -0.3 is 9.29 Å². The van der Waals surface area contributed by atoms with Crippen molar-refractivity contribution in [1.29, 1.82) is 0 Å². The summed E-state index contributed by atoms with van der Waals surface area (Å²) in [6, 6.07) is 3.28. The standard InChI is InChI=1S/C10H9F3O5S.Na/c11-10(12,13)7-1-3-8(4-2-7)18-9(14)5-6-19(15,16)17;/h1-4H,5-6H2,(H,15,16,17);/q;+1/p-1. The summed E-state index contributed by atoms with van der Waals surface area (Å²) in [5.41, 5.74) is -0.908. The molecule has 20 heavy (non-hydrogen) atoms. The van der Waals surface area contributed by atoms with E-state index in [0.717, 1.165) is 12.1 Å². The van der Waals surface area contributed by atoms with Gasteiger partial charge in [0, 0.05) is 5.75 Å². The van der Waals surface area contributed by atoms with E-state index in [9.17, 15) is 30.9 Å². The smallest absolute Gasteiger partial charge is 0.748 e. The first-order valence-corrected chi connectivity index (χ1v) is 6.47. The van der Waals surface area contributed by atoms with Crippen molar-refractivity contribution in [3.8, 4) is 5.75 Å². The Labute approximate surface area is 135 Å². The van der Waals surface area contributed by atoms with Gasteiger partial charge >= 0.3 is 41.7 Å². The Bertz CT molecular complexity index is 553. The fourth-order valence-corrected chi connectivity index (χ4v) is 1.52. The van der Waals surface area contributed by atoms with E-state index in [1.807, 2.05) is 0 Å². The van der Waals surface area contributed by atoms with Crippen molar-refractivity contribution >= 4 is 16.1 Å². The summed E-state index contributed by atoms with van der Waals surface area (Å²) in [5, 5.41) is 0. The Morgan fingerprint density at radius 1 is 1.20 bits per heavy atom. The second-order valence-corrected chi connectivity index (χ2v) is 5.03. The van der Waals surface area contributed by atoms with Crippen molar-refractivity contribution in [2.45, 2.75) is 12.6 Å². The van der Waals surface area contributed by atoms with Crippen molar-refractivity contribution in [1.82, 2.24) is 0 Å². The molecule has 5 nitrogen and oxygen atoms in total. The molecule has 0 N–H and O–H groups in total. The van der Waals surface area contributed by atoms with Crippen LogP contribution in [0.25, 0.3) is 0 Å². The number of carbonyl (C=O) groups is 1. The monoisotopic (exact) mass is 320 g/mol. The maximum Gasteiger partial charge on any atom is 1.00 e. The Morgan fingerprint density at radius 3 is 2.10 bits per heavy atom. The topological polar surface area (TPSA) is 83.5 Å². The van der Waals surface area contributed by atoms with Crippen molar-refractivity contribution in [3.05, 3.63) is 29.8 Å². The van der Waals surface area contributed by atoms with Crippen LogP contribution in [0.15, 0.2) is 24.3 Å². The van der Waals surface area contributed by atoms with Crippen LogP contribution in [0.5, 0.6) is 5.75 Å². The zero-order valence-electron chi connectivity index (χ0n) is 10.3. The fourth-order valence-electron chi connectivity index (χ4n) is 1.10. The van der Waals surface area contributed by atoms with Crippen LogP contribution in [0.3, 0.4) is 0 Å². The molecule has 0 atom stereocenters. The Morgan fingerprint density at radius 2 is 1.70 bits per heavy atom. The maximum absolute atomic E-state index is 12.2. The molecule has 1 aromatic rings. The number of esters is 1. The minimum absolute atomic E-state index is 0. The third-order valence-electron chi connectivity index (χ3n) is 1.97. The van der Waals surface area contributed by atoms with E-state index in [4.69, 9.17) is 0 Å². The first-order chi connectivity index (χ1) is 8.58. The minimum atomic E-state index is -4.54. The number of ether oxygens (including phenoxy) is 1. The summed E-state index contributed by atoms with van der Waals surface area (Å²) in [5.74, 6) is -2.10. The summed E-state index contributed by atoms with van der Waals surface area (Å²) in [6.07, 6.45) is -5.16. The Kier molecular flexibility index (Phi) is 7.19. The van der Waals surface area contributed by atoms with Gasteiger partial charge in [-0.25, -0.2) is 8.42 Å². The van der Waals surface area contributed by atoms with E-state index in [2.05, 4.69) is 4.74 Å². The van der Waals surface area contributed by atoms with Crippen LogP contribution in [0.2, 0.25) is 0 Å². The maximum atomic E-state index is 12.2. The van der Waals surface area contributed by atoms with Gasteiger partial charge in [0.15, 0.2) is 0 Å². The van der Waals surface area contributed by atoms with Gasteiger partial charge in [-0.05, 0) is 24.3 Å². The predicted octanol–water partition coefficient (Wildman–Crippen LogP) is -1.45. The molecule has 0 aromatic heterocycles. The van der Waals surface area contributed by atoms with Gasteiger partial charge in [-0.1, -0.05) is 0 Å². The number of benzene rings is 1. The average Bonchev–Trinajstić information content (AvgIpc) is 2.25. The molecule has 0 aliphatic carbocycles. The zero-order chi connectivity index (χ0) is 14.7. The minimum Gasteiger partial charge on any atom is -0.748 e. The number of rotatable bonds is 4. The molecule has 0 heterocycles. The molecule has 0 amide bonds. The van der Waals surface area contributed by atoms with Crippen LogP contribution in [0.4, 0.5) is 13.2 Å². The summed E-state index contributed by atoms with van der Waals surface area (Å²) in [4.78, 5) is 11.1. The molecular formula is C10H8F3NaO5S. The second kappa shape index (κ2) is 7.41. The van der Waals surface area contributed by atoms with Crippen LogP contribution in [-0.4, -0.2) is 24.7 Å². The molecule has 0 radical (unpaired) electrons. The van der Waals surface area contributed by atoms with Crippen molar-refractivity contribution < 1.29 is 65.2 Å². The zero-order valence-corrected chi connectivity index (χ0v) is 13.1. The largest absolute Gasteiger partial charge is 1.00 e. The first kappa shape index (κ1) is 19.4. The van der Waals surface area contributed by atoms with Crippen LogP contribution >= 0.6 is 0 Å². The van der Waals surface area contributed by atoms with Gasteiger partial charge in [-0.3, -0.25) is 4.79 Å². The molecule has 0 saturated heterocycles. The molecule has 1 aromatic carbocycles. The van der Waals surface area contributed by atoms with Crippen LogP contribution in [-0.2, 0) is 21.1 Å². The van der Waals surface area contributed by atoms with Gasteiger partial charge in [0.25, 0.3) is 0 Å². The number of carbonyl (C=O) groups excluding carboxylic acids is 1. The second-order valence-electron chi connectivity index (χ2n) is 3.51. The molecule has 0 bridgehead atoms. The number of alkyl halides is 3. The number of hydrogen-bond donors (Lipinski definition) is 0. The molecule has 0 saturated carbocycles. The molecule has 0 aliphatic heterocycles. The van der Waals surface area contributed by atoms with Crippen molar-refractivity contribution in [2.24, 2.45) is 0 Å². The third kappa shape index (κ3) is 7.25. The van der Waals surface area contributed by atoms with Crippen LogP contribution < -0.4 is 34.3 Å². The van der Waals surface area contributed by atoms with E-state index < -0.39 is 40.0 Å². The first-order valence-electron chi connectivity index (χ1n) is 4.89. The molecule has 1 rings (SSSR count). The quantitative estimate of drug-likeness (QED) is 0.293. The van der Waals surface area contributed by atoms with E-state index >= 15 is 0 Å². The summed E-state index contributed by atoms with van der Waals surface area (Å²) in [7, 11) is -4.54. The molecule has 0 fully saturated rings. The normalized spacial score (nSPS) is 11.6. The third-order valence-corrected chi connectivity index (χ3v) is 2.67. The van der Waals surface area contributed by atoms with Crippen LogP contribution in [0, 0.1) is 0 Å². The van der Waals surface area contributed by atoms with Crippen LogP contribution in [0.1, 0.15) is 12.0 Å². The van der Waals surface area contributed by atoms with Gasteiger partial charge in [-0.15, -0.1) is 0 Å². The van der Waals surface area contributed by atoms with Gasteiger partial charge in [0.1, 0.15) is 5.75 Å². The summed E-state index contributed by atoms with van der Waals surface area (Å²) >= 11 is 0. The SMILES string of the molecule is O=C(CCS(=O)(=O)[O-])Oc1ccc(C(F)(F)F)cc1.[Na+]. The van der Waals surface area contributed by atoms with Crippen molar-refractivity contribution in [2.75, 3.05) is 5.75 Å². The molecule has 0 unspecified atom stereocenters. The summed E-state index contributed by atoms with van der Waals surface area (Å²) in [6.45, 7) is 0. The Balaban J connectivity index is 0.00000361. The fraction of sp³-hybridized carbons (Fsp3) is 0.300. The molecular weight excluding hydrogens is 312 g/mol. The van der Waals surface area contributed by atoms with Crippen molar-refractivity contribution in [3.63, 3.8) is 0 Å². The van der Waals surface area contributed by atoms with Gasteiger partial charge in [0.05, 0.1) is 22.1 Å². The molecule has 10 heteroatoms. The van der Waals surface area contributed by atoms with Gasteiger partial charge in [0.2, 0.25) is 0 Å².